The Hall–Kier alpha value is -1.60. The minimum Gasteiger partial charge on any atom is -0.496 e. The van der Waals surface area contributed by atoms with Gasteiger partial charge in [-0.05, 0) is 61.8 Å². The molecule has 0 aromatic heterocycles. The number of aryl methyl sites for hydroxylation is 1. The van der Waals surface area contributed by atoms with Crippen molar-refractivity contribution in [3.63, 3.8) is 0 Å². The number of sulfonamides is 1. The second-order valence-electron chi connectivity index (χ2n) is 7.89. The van der Waals surface area contributed by atoms with E-state index in [-0.39, 0.29) is 10.8 Å². The van der Waals surface area contributed by atoms with Crippen LogP contribution in [0.2, 0.25) is 0 Å². The largest absolute Gasteiger partial charge is 0.496 e. The number of nitrogens with zero attached hydrogens (tertiary/aromatic N) is 1. The number of hydrogen-bond acceptors (Lipinski definition) is 4. The second-order valence-corrected chi connectivity index (χ2v) is 9.83. The number of nitrogens with one attached hydrogen (secondary N) is 1. The Labute approximate surface area is 168 Å². The molecule has 0 bridgehead atoms. The van der Waals surface area contributed by atoms with Gasteiger partial charge in [-0.2, -0.15) is 4.31 Å². The summed E-state index contributed by atoms with van der Waals surface area (Å²) >= 11 is 0. The number of carbonyl (C=O) groups is 1. The molecule has 0 spiro atoms. The van der Waals surface area contributed by atoms with Gasteiger partial charge in [0.25, 0.3) is 0 Å². The van der Waals surface area contributed by atoms with Gasteiger partial charge in [0.2, 0.25) is 15.9 Å². The van der Waals surface area contributed by atoms with Crippen molar-refractivity contribution in [2.45, 2.75) is 62.7 Å². The first-order chi connectivity index (χ1) is 13.5. The number of carbonyl (C=O) groups excluding carboxylic acids is 1. The van der Waals surface area contributed by atoms with Gasteiger partial charge in [0, 0.05) is 26.1 Å². The molecule has 156 valence electrons. The van der Waals surface area contributed by atoms with Crippen LogP contribution in [0.5, 0.6) is 5.75 Å². The van der Waals surface area contributed by atoms with Gasteiger partial charge in [-0.15, -0.1) is 0 Å². The van der Waals surface area contributed by atoms with Crippen LogP contribution in [-0.2, 0) is 21.2 Å². The topological polar surface area (TPSA) is 75.7 Å². The van der Waals surface area contributed by atoms with Crippen LogP contribution in [0, 0.1) is 5.92 Å². The molecule has 1 saturated carbocycles. The number of amides is 1. The molecule has 2 aliphatic rings. The van der Waals surface area contributed by atoms with Crippen LogP contribution in [0.25, 0.3) is 0 Å². The summed E-state index contributed by atoms with van der Waals surface area (Å²) in [5.41, 5.74) is 0.760. The van der Waals surface area contributed by atoms with Crippen LogP contribution < -0.4 is 10.1 Å². The van der Waals surface area contributed by atoms with Gasteiger partial charge >= 0.3 is 0 Å². The maximum absolute atomic E-state index is 12.8. The normalized spacial score (nSPS) is 18.9. The summed E-state index contributed by atoms with van der Waals surface area (Å²) in [6.45, 7) is 1.90. The molecule has 6 nitrogen and oxygen atoms in total. The molecule has 0 unspecified atom stereocenters. The minimum atomic E-state index is -3.47. The van der Waals surface area contributed by atoms with Gasteiger partial charge in [-0.1, -0.05) is 19.3 Å². The third-order valence-corrected chi connectivity index (χ3v) is 7.78. The van der Waals surface area contributed by atoms with E-state index in [0.717, 1.165) is 24.9 Å². The van der Waals surface area contributed by atoms with Crippen molar-refractivity contribution in [3.05, 3.63) is 23.8 Å². The van der Waals surface area contributed by atoms with Gasteiger partial charge in [-0.25, -0.2) is 8.42 Å². The lowest BCUT2D eigenvalue weighted by molar-refractivity contribution is -0.121. The van der Waals surface area contributed by atoms with Crippen LogP contribution in [-0.4, -0.2) is 45.4 Å². The van der Waals surface area contributed by atoms with E-state index in [1.165, 1.54) is 36.4 Å². The van der Waals surface area contributed by atoms with E-state index in [1.54, 1.807) is 25.3 Å². The van der Waals surface area contributed by atoms with E-state index in [1.807, 2.05) is 0 Å². The van der Waals surface area contributed by atoms with Crippen molar-refractivity contribution in [1.82, 2.24) is 9.62 Å². The maximum Gasteiger partial charge on any atom is 0.243 e. The Morgan fingerprint density at radius 2 is 1.86 bits per heavy atom. The molecule has 2 fully saturated rings. The van der Waals surface area contributed by atoms with Crippen LogP contribution in [0.15, 0.2) is 23.1 Å². The fraction of sp³-hybridized carbons (Fsp3) is 0.667. The summed E-state index contributed by atoms with van der Waals surface area (Å²) < 4.78 is 32.5. The Balaban J connectivity index is 1.61. The first kappa shape index (κ1) is 21.1. The Bertz CT molecular complexity index is 767. The Morgan fingerprint density at radius 1 is 1.14 bits per heavy atom. The van der Waals surface area contributed by atoms with Crippen molar-refractivity contribution in [2.24, 2.45) is 5.92 Å². The van der Waals surface area contributed by atoms with E-state index in [2.05, 4.69) is 5.32 Å². The first-order valence-corrected chi connectivity index (χ1v) is 11.9. The third-order valence-electron chi connectivity index (χ3n) is 5.89. The minimum absolute atomic E-state index is 0.0143. The van der Waals surface area contributed by atoms with Gasteiger partial charge in [0.1, 0.15) is 5.75 Å². The zero-order chi connectivity index (χ0) is 20.0. The predicted octanol–water partition coefficient (Wildman–Crippen LogP) is 3.11. The molecule has 1 aliphatic heterocycles. The third kappa shape index (κ3) is 5.26. The summed E-state index contributed by atoms with van der Waals surface area (Å²) in [5.74, 6) is 1.24. The summed E-state index contributed by atoms with van der Waals surface area (Å²) in [4.78, 5) is 12.6. The molecule has 7 heteroatoms. The van der Waals surface area contributed by atoms with Crippen molar-refractivity contribution >= 4 is 15.9 Å². The Morgan fingerprint density at radius 3 is 2.54 bits per heavy atom. The van der Waals surface area contributed by atoms with Crippen LogP contribution in [0.3, 0.4) is 0 Å². The lowest BCUT2D eigenvalue weighted by Gasteiger charge is -2.21. The van der Waals surface area contributed by atoms with E-state index in [4.69, 9.17) is 4.74 Å². The molecule has 0 radical (unpaired) electrons. The fourth-order valence-corrected chi connectivity index (χ4v) is 5.74. The lowest BCUT2D eigenvalue weighted by Crippen LogP contribution is -2.30. The van der Waals surface area contributed by atoms with Crippen molar-refractivity contribution in [3.8, 4) is 5.75 Å². The maximum atomic E-state index is 12.8. The highest BCUT2D eigenvalue weighted by Gasteiger charge is 2.27. The summed E-state index contributed by atoms with van der Waals surface area (Å²) in [6.07, 6.45) is 8.83. The molecule has 0 atom stereocenters. The molecular formula is C21H32N2O4S. The monoisotopic (exact) mass is 408 g/mol. The second kappa shape index (κ2) is 9.74. The fourth-order valence-electron chi connectivity index (χ4n) is 4.17. The molecule has 3 rings (SSSR count). The van der Waals surface area contributed by atoms with Gasteiger partial charge in [0.15, 0.2) is 0 Å². The number of rotatable bonds is 8. The van der Waals surface area contributed by atoms with E-state index < -0.39 is 10.0 Å². The summed E-state index contributed by atoms with van der Waals surface area (Å²) in [6, 6.07) is 4.96. The first-order valence-electron chi connectivity index (χ1n) is 10.4. The average molecular weight is 409 g/mol. The molecule has 1 heterocycles. The molecule has 1 amide bonds. The summed E-state index contributed by atoms with van der Waals surface area (Å²) in [7, 11) is -1.91. The lowest BCUT2D eigenvalue weighted by atomic mass is 9.89. The number of methoxy groups -OCH3 is 1. The predicted molar refractivity (Wildman–Crippen MR) is 109 cm³/mol. The van der Waals surface area contributed by atoms with Gasteiger partial charge in [-0.3, -0.25) is 4.79 Å². The van der Waals surface area contributed by atoms with Crippen molar-refractivity contribution in [2.75, 3.05) is 26.7 Å². The number of ether oxygens (including phenoxy) is 1. The quantitative estimate of drug-likeness (QED) is 0.717. The highest BCUT2D eigenvalue weighted by Crippen LogP contribution is 2.27. The highest BCUT2D eigenvalue weighted by atomic mass is 32.2. The molecule has 1 saturated heterocycles. The standard InChI is InChI=1S/C21H32N2O4S/c1-27-20-11-10-19(28(25,26)23-13-5-6-14-23)15-18(20)9-12-21(24)22-16-17-7-3-2-4-8-17/h10-11,15,17H,2-9,12-14,16H2,1H3,(H,22,24). The molecule has 1 aromatic rings. The van der Waals surface area contributed by atoms with E-state index >= 15 is 0 Å². The van der Waals surface area contributed by atoms with E-state index in [9.17, 15) is 13.2 Å². The van der Waals surface area contributed by atoms with Gasteiger partial charge < -0.3 is 10.1 Å². The molecule has 1 aromatic carbocycles. The van der Waals surface area contributed by atoms with E-state index in [0.29, 0.717) is 37.6 Å². The SMILES string of the molecule is COc1ccc(S(=O)(=O)N2CCCC2)cc1CCC(=O)NCC1CCCCC1. The zero-order valence-electron chi connectivity index (χ0n) is 16.8. The smallest absolute Gasteiger partial charge is 0.243 e. The van der Waals surface area contributed by atoms with Crippen LogP contribution >= 0.6 is 0 Å². The molecule has 1 aliphatic carbocycles. The van der Waals surface area contributed by atoms with Crippen molar-refractivity contribution in [1.29, 1.82) is 0 Å². The van der Waals surface area contributed by atoms with Gasteiger partial charge in [0.05, 0.1) is 12.0 Å². The molecule has 28 heavy (non-hydrogen) atoms. The van der Waals surface area contributed by atoms with Crippen molar-refractivity contribution < 1.29 is 17.9 Å². The average Bonchev–Trinajstić information content (AvgIpc) is 3.27. The molecular weight excluding hydrogens is 376 g/mol. The Kier molecular flexibility index (Phi) is 7.35. The number of benzene rings is 1. The zero-order valence-corrected chi connectivity index (χ0v) is 17.6. The van der Waals surface area contributed by atoms with Crippen LogP contribution in [0.4, 0.5) is 0 Å². The summed E-state index contributed by atoms with van der Waals surface area (Å²) in [5, 5.41) is 3.04. The molecule has 1 N–H and O–H groups in total. The highest BCUT2D eigenvalue weighted by molar-refractivity contribution is 7.89. The number of hydrogen-bond donors (Lipinski definition) is 1. The van der Waals surface area contributed by atoms with Crippen LogP contribution in [0.1, 0.15) is 56.9 Å².